The van der Waals surface area contributed by atoms with E-state index >= 15 is 0 Å². The quantitative estimate of drug-likeness (QED) is 0.379. The van der Waals surface area contributed by atoms with E-state index in [0.717, 1.165) is 22.0 Å². The Morgan fingerprint density at radius 1 is 1.16 bits per heavy atom. The van der Waals surface area contributed by atoms with E-state index in [2.05, 4.69) is 20.2 Å². The fourth-order valence-electron chi connectivity index (χ4n) is 4.24. The summed E-state index contributed by atoms with van der Waals surface area (Å²) in [5.74, 6) is -0.924. The maximum Gasteiger partial charge on any atom is 0.321 e. The average Bonchev–Trinajstić information content (AvgIpc) is 3.37. The van der Waals surface area contributed by atoms with Gasteiger partial charge in [-0.05, 0) is 35.9 Å². The largest absolute Gasteiger partial charge is 0.480 e. The lowest BCUT2D eigenvalue weighted by atomic mass is 10.1. The monoisotopic (exact) mass is 431 g/mol. The highest BCUT2D eigenvalue weighted by molar-refractivity contribution is 5.86. The first kappa shape index (κ1) is 20.1. The van der Waals surface area contributed by atoms with Crippen LogP contribution in [0.2, 0.25) is 0 Å². The van der Waals surface area contributed by atoms with Crippen molar-refractivity contribution < 1.29 is 15.0 Å². The molecule has 162 valence electrons. The third kappa shape index (κ3) is 3.79. The third-order valence-corrected chi connectivity index (χ3v) is 5.81. The van der Waals surface area contributed by atoms with E-state index in [1.165, 1.54) is 0 Å². The zero-order valence-electron chi connectivity index (χ0n) is 17.0. The molecule has 0 aliphatic carbocycles. The van der Waals surface area contributed by atoms with Crippen LogP contribution in [0, 0.1) is 0 Å². The molecule has 1 aliphatic rings. The minimum absolute atomic E-state index is 0.231. The molecule has 4 heterocycles. The molecule has 5 rings (SSSR count). The van der Waals surface area contributed by atoms with E-state index in [0.29, 0.717) is 30.0 Å². The van der Waals surface area contributed by atoms with Crippen LogP contribution in [-0.2, 0) is 11.3 Å². The standard InChI is InChI=1S/C23H21N5O4/c29-16-9-21(23(31)32)28(12-16)11-13-1-2-15-8-20(25-18(15)7-13)17-10-19(26-27-22(17)30)14-3-5-24-6-4-14/h1-8,10,16,21,25,29H,9,11-12H2,(H,27,30)(H,31,32)/t16-,21+/m1/s1. The van der Waals surface area contributed by atoms with Crippen LogP contribution in [0.15, 0.2) is 59.7 Å². The maximum atomic E-state index is 12.5. The van der Waals surface area contributed by atoms with Crippen LogP contribution in [0.3, 0.4) is 0 Å². The highest BCUT2D eigenvalue weighted by Crippen LogP contribution is 2.27. The van der Waals surface area contributed by atoms with Crippen LogP contribution in [0.25, 0.3) is 33.4 Å². The highest BCUT2D eigenvalue weighted by atomic mass is 16.4. The molecule has 32 heavy (non-hydrogen) atoms. The number of H-pyrrole nitrogens is 2. The van der Waals surface area contributed by atoms with E-state index in [-0.39, 0.29) is 12.0 Å². The van der Waals surface area contributed by atoms with E-state index in [9.17, 15) is 19.8 Å². The van der Waals surface area contributed by atoms with Crippen molar-refractivity contribution in [1.29, 1.82) is 0 Å². The van der Waals surface area contributed by atoms with Gasteiger partial charge in [-0.1, -0.05) is 12.1 Å². The second-order valence-corrected chi connectivity index (χ2v) is 8.01. The van der Waals surface area contributed by atoms with Crippen molar-refractivity contribution in [3.8, 4) is 22.5 Å². The van der Waals surface area contributed by atoms with E-state index in [1.54, 1.807) is 23.4 Å². The number of β-amino-alcohol motifs (C(OH)–C–C–N with tert-alkyl or cyclic N) is 1. The lowest BCUT2D eigenvalue weighted by Gasteiger charge is -2.20. The Kier molecular flexibility index (Phi) is 5.04. The molecule has 1 fully saturated rings. The van der Waals surface area contributed by atoms with Gasteiger partial charge in [0.1, 0.15) is 6.04 Å². The van der Waals surface area contributed by atoms with Gasteiger partial charge in [-0.15, -0.1) is 0 Å². The summed E-state index contributed by atoms with van der Waals surface area (Å²) < 4.78 is 0. The number of aliphatic carboxylic acids is 1. The average molecular weight is 431 g/mol. The zero-order chi connectivity index (χ0) is 22.2. The number of benzene rings is 1. The van der Waals surface area contributed by atoms with Gasteiger partial charge in [0, 0.05) is 48.4 Å². The number of hydrogen-bond donors (Lipinski definition) is 4. The summed E-state index contributed by atoms with van der Waals surface area (Å²) in [6.07, 6.45) is 2.93. The van der Waals surface area contributed by atoms with Crippen molar-refractivity contribution in [2.24, 2.45) is 0 Å². The number of carbonyl (C=O) groups is 1. The predicted octanol–water partition coefficient (Wildman–Crippen LogP) is 2.00. The number of nitrogens with one attached hydrogen (secondary N) is 2. The number of aliphatic hydroxyl groups is 1. The molecule has 0 bridgehead atoms. The zero-order valence-corrected chi connectivity index (χ0v) is 17.0. The minimum atomic E-state index is -0.924. The molecule has 1 aliphatic heterocycles. The van der Waals surface area contributed by atoms with E-state index < -0.39 is 18.1 Å². The molecule has 9 nitrogen and oxygen atoms in total. The number of aliphatic hydroxyl groups excluding tert-OH is 1. The highest BCUT2D eigenvalue weighted by Gasteiger charge is 2.35. The topological polar surface area (TPSA) is 135 Å². The van der Waals surface area contributed by atoms with Crippen molar-refractivity contribution in [3.63, 3.8) is 0 Å². The first-order chi connectivity index (χ1) is 15.5. The van der Waals surface area contributed by atoms with Crippen molar-refractivity contribution in [3.05, 3.63) is 70.8 Å². The summed E-state index contributed by atoms with van der Waals surface area (Å²) in [6, 6.07) is 12.4. The van der Waals surface area contributed by atoms with Gasteiger partial charge >= 0.3 is 5.97 Å². The van der Waals surface area contributed by atoms with Crippen molar-refractivity contribution in [2.75, 3.05) is 6.54 Å². The van der Waals surface area contributed by atoms with Crippen LogP contribution < -0.4 is 5.56 Å². The van der Waals surface area contributed by atoms with E-state index in [1.807, 2.05) is 36.4 Å². The number of carboxylic acids is 1. The Morgan fingerprint density at radius 2 is 1.97 bits per heavy atom. The van der Waals surface area contributed by atoms with Gasteiger partial charge in [-0.25, -0.2) is 5.10 Å². The van der Waals surface area contributed by atoms with Gasteiger partial charge in [0.2, 0.25) is 0 Å². The predicted molar refractivity (Wildman–Crippen MR) is 118 cm³/mol. The maximum absolute atomic E-state index is 12.5. The number of aromatic nitrogens is 4. The Balaban J connectivity index is 1.46. The molecule has 9 heteroatoms. The van der Waals surface area contributed by atoms with Gasteiger partial charge in [0.25, 0.3) is 5.56 Å². The first-order valence-corrected chi connectivity index (χ1v) is 10.2. The second-order valence-electron chi connectivity index (χ2n) is 8.01. The molecule has 0 unspecified atom stereocenters. The Bertz CT molecular complexity index is 1350. The third-order valence-electron chi connectivity index (χ3n) is 5.81. The number of hydrogen-bond acceptors (Lipinski definition) is 6. The number of carboxylic acid groups (broad SMARTS) is 1. The van der Waals surface area contributed by atoms with Gasteiger partial charge in [-0.3, -0.25) is 19.5 Å². The number of pyridine rings is 1. The number of likely N-dealkylation sites (tertiary alicyclic amines) is 1. The molecule has 0 amide bonds. The summed E-state index contributed by atoms with van der Waals surface area (Å²) in [5.41, 5.74) is 4.07. The molecule has 1 aromatic carbocycles. The Hall–Kier alpha value is -3.82. The summed E-state index contributed by atoms with van der Waals surface area (Å²) in [5, 5.41) is 26.9. The van der Waals surface area contributed by atoms with Crippen LogP contribution in [-0.4, -0.2) is 59.9 Å². The normalized spacial score (nSPS) is 18.9. The first-order valence-electron chi connectivity index (χ1n) is 10.2. The summed E-state index contributed by atoms with van der Waals surface area (Å²) in [6.45, 7) is 0.746. The molecule has 3 aromatic heterocycles. The van der Waals surface area contributed by atoms with Gasteiger partial charge in [0.15, 0.2) is 0 Å². The fourth-order valence-corrected chi connectivity index (χ4v) is 4.24. The number of aromatic amines is 2. The Labute approximate surface area is 182 Å². The molecule has 1 saturated heterocycles. The lowest BCUT2D eigenvalue weighted by Crippen LogP contribution is -2.35. The summed E-state index contributed by atoms with van der Waals surface area (Å²) in [4.78, 5) is 33.0. The molecule has 4 N–H and O–H groups in total. The molecular formula is C23H21N5O4. The van der Waals surface area contributed by atoms with Crippen molar-refractivity contribution in [2.45, 2.75) is 25.1 Å². The van der Waals surface area contributed by atoms with Crippen LogP contribution in [0.4, 0.5) is 0 Å². The SMILES string of the molecule is O=C(O)[C@@H]1C[C@@H](O)CN1Cc1ccc2cc(-c3cc(-c4ccncc4)n[nH]c3=O)[nH]c2c1. The molecule has 0 saturated carbocycles. The van der Waals surface area contributed by atoms with Gasteiger partial charge < -0.3 is 15.2 Å². The minimum Gasteiger partial charge on any atom is -0.480 e. The van der Waals surface area contributed by atoms with Crippen molar-refractivity contribution in [1.82, 2.24) is 25.1 Å². The molecule has 0 spiro atoms. The van der Waals surface area contributed by atoms with Gasteiger partial charge in [-0.2, -0.15) is 5.10 Å². The van der Waals surface area contributed by atoms with Crippen LogP contribution in [0.5, 0.6) is 0 Å². The number of nitrogens with zero attached hydrogens (tertiary/aromatic N) is 3. The molecule has 2 atom stereocenters. The summed E-state index contributed by atoms with van der Waals surface area (Å²) >= 11 is 0. The smallest absolute Gasteiger partial charge is 0.321 e. The fraction of sp³-hybridized carbons (Fsp3) is 0.217. The molecule has 4 aromatic rings. The summed E-state index contributed by atoms with van der Waals surface area (Å²) in [7, 11) is 0. The Morgan fingerprint density at radius 3 is 2.75 bits per heavy atom. The number of rotatable bonds is 5. The lowest BCUT2D eigenvalue weighted by molar-refractivity contribution is -0.142. The second kappa shape index (κ2) is 8.03. The van der Waals surface area contributed by atoms with Crippen LogP contribution in [0.1, 0.15) is 12.0 Å². The molecular weight excluding hydrogens is 410 g/mol. The van der Waals surface area contributed by atoms with Crippen LogP contribution >= 0.6 is 0 Å². The van der Waals surface area contributed by atoms with Gasteiger partial charge in [0.05, 0.1) is 23.1 Å². The number of fused-ring (bicyclic) bond motifs is 1. The molecule has 0 radical (unpaired) electrons. The van der Waals surface area contributed by atoms with E-state index in [4.69, 9.17) is 0 Å². The van der Waals surface area contributed by atoms with Crippen molar-refractivity contribution >= 4 is 16.9 Å².